The highest BCUT2D eigenvalue weighted by molar-refractivity contribution is 5.31. The van der Waals surface area contributed by atoms with Crippen molar-refractivity contribution < 1.29 is 18.6 Å². The molecule has 0 aliphatic heterocycles. The molecule has 0 heterocycles. The lowest BCUT2D eigenvalue weighted by molar-refractivity contribution is 0.199. The first-order valence-electron chi connectivity index (χ1n) is 7.52. The third-order valence-electron chi connectivity index (χ3n) is 3.37. The predicted octanol–water partition coefficient (Wildman–Crippen LogP) is 3.22. The van der Waals surface area contributed by atoms with Crippen LogP contribution in [0.5, 0.6) is 17.2 Å². The van der Waals surface area contributed by atoms with Gasteiger partial charge in [-0.2, -0.15) is 0 Å². The second-order valence-electron chi connectivity index (χ2n) is 5.11. The third kappa shape index (κ3) is 5.79. The molecule has 0 spiro atoms. The number of para-hydroxylation sites is 1. The number of ether oxygens (including phenoxy) is 3. The van der Waals surface area contributed by atoms with Gasteiger partial charge in [-0.1, -0.05) is 12.1 Å². The number of likely N-dealkylation sites (N-methyl/N-ethyl adjacent to an activating group) is 1. The molecule has 0 amide bonds. The Morgan fingerprint density at radius 1 is 0.870 bits per heavy atom. The number of halogens is 1. The van der Waals surface area contributed by atoms with Gasteiger partial charge in [0.15, 0.2) is 11.6 Å². The van der Waals surface area contributed by atoms with E-state index < -0.39 is 0 Å². The molecule has 0 saturated heterocycles. The van der Waals surface area contributed by atoms with Crippen LogP contribution in [0.15, 0.2) is 48.5 Å². The standard InChI is InChI=1S/C18H22FNO3/c1-20(12-14-23-18-6-4-3-5-17(18)19)11-13-22-16-9-7-15(21-2)8-10-16/h3-10H,11-14H2,1-2H3. The molecular formula is C18H22FNO3. The van der Waals surface area contributed by atoms with E-state index in [0.717, 1.165) is 18.0 Å². The zero-order valence-corrected chi connectivity index (χ0v) is 13.5. The van der Waals surface area contributed by atoms with Gasteiger partial charge in [-0.25, -0.2) is 4.39 Å². The van der Waals surface area contributed by atoms with Crippen molar-refractivity contribution in [3.8, 4) is 17.2 Å². The molecule has 0 unspecified atom stereocenters. The molecule has 23 heavy (non-hydrogen) atoms. The molecule has 0 N–H and O–H groups in total. The van der Waals surface area contributed by atoms with E-state index in [1.54, 1.807) is 25.3 Å². The number of hydrogen-bond acceptors (Lipinski definition) is 4. The van der Waals surface area contributed by atoms with Crippen molar-refractivity contribution in [3.63, 3.8) is 0 Å². The van der Waals surface area contributed by atoms with Gasteiger partial charge in [-0.05, 0) is 43.4 Å². The largest absolute Gasteiger partial charge is 0.497 e. The minimum Gasteiger partial charge on any atom is -0.497 e. The quantitative estimate of drug-likeness (QED) is 0.710. The summed E-state index contributed by atoms with van der Waals surface area (Å²) >= 11 is 0. The van der Waals surface area contributed by atoms with Crippen molar-refractivity contribution in [1.82, 2.24) is 4.90 Å². The van der Waals surface area contributed by atoms with E-state index >= 15 is 0 Å². The van der Waals surface area contributed by atoms with Crippen LogP contribution in [0.25, 0.3) is 0 Å². The molecule has 124 valence electrons. The summed E-state index contributed by atoms with van der Waals surface area (Å²) in [5, 5.41) is 0. The number of methoxy groups -OCH3 is 1. The molecule has 2 rings (SSSR count). The minimum absolute atomic E-state index is 0.287. The topological polar surface area (TPSA) is 30.9 Å². The Morgan fingerprint density at radius 3 is 2.13 bits per heavy atom. The molecular weight excluding hydrogens is 297 g/mol. The highest BCUT2D eigenvalue weighted by Gasteiger charge is 2.03. The molecule has 0 saturated carbocycles. The monoisotopic (exact) mass is 319 g/mol. The van der Waals surface area contributed by atoms with Crippen LogP contribution in [-0.2, 0) is 0 Å². The lowest BCUT2D eigenvalue weighted by atomic mass is 10.3. The Balaban J connectivity index is 1.63. The maximum absolute atomic E-state index is 13.4. The van der Waals surface area contributed by atoms with Crippen molar-refractivity contribution >= 4 is 0 Å². The summed E-state index contributed by atoms with van der Waals surface area (Å²) in [5.41, 5.74) is 0. The van der Waals surface area contributed by atoms with E-state index in [1.807, 2.05) is 31.3 Å². The maximum atomic E-state index is 13.4. The van der Waals surface area contributed by atoms with Crippen molar-refractivity contribution in [1.29, 1.82) is 0 Å². The van der Waals surface area contributed by atoms with Gasteiger partial charge in [0, 0.05) is 13.1 Å². The molecule has 0 aliphatic carbocycles. The molecule has 0 atom stereocenters. The lowest BCUT2D eigenvalue weighted by Crippen LogP contribution is -2.28. The van der Waals surface area contributed by atoms with E-state index in [9.17, 15) is 4.39 Å². The van der Waals surface area contributed by atoms with Gasteiger partial charge < -0.3 is 14.2 Å². The van der Waals surface area contributed by atoms with E-state index in [2.05, 4.69) is 4.90 Å². The van der Waals surface area contributed by atoms with Crippen molar-refractivity contribution in [2.75, 3.05) is 40.5 Å². The van der Waals surface area contributed by atoms with Crippen molar-refractivity contribution in [2.45, 2.75) is 0 Å². The fourth-order valence-corrected chi connectivity index (χ4v) is 1.98. The highest BCUT2D eigenvalue weighted by Crippen LogP contribution is 2.17. The Hall–Kier alpha value is -2.27. The summed E-state index contributed by atoms with van der Waals surface area (Å²) in [4.78, 5) is 2.07. The molecule has 5 heteroatoms. The van der Waals surface area contributed by atoms with Gasteiger partial charge in [0.25, 0.3) is 0 Å². The summed E-state index contributed by atoms with van der Waals surface area (Å²) in [6.45, 7) is 2.45. The molecule has 0 aliphatic rings. The van der Waals surface area contributed by atoms with Crippen LogP contribution >= 0.6 is 0 Å². The normalized spacial score (nSPS) is 10.6. The van der Waals surface area contributed by atoms with Crippen LogP contribution in [-0.4, -0.2) is 45.4 Å². The van der Waals surface area contributed by atoms with Crippen LogP contribution in [0, 0.1) is 5.82 Å². The fraction of sp³-hybridized carbons (Fsp3) is 0.333. The van der Waals surface area contributed by atoms with Gasteiger partial charge in [-0.3, -0.25) is 4.90 Å². The van der Waals surface area contributed by atoms with Crippen molar-refractivity contribution in [3.05, 3.63) is 54.3 Å². The Labute approximate surface area is 136 Å². The summed E-state index contributed by atoms with van der Waals surface area (Å²) in [5.74, 6) is 1.56. The Bertz CT molecular complexity index is 589. The molecule has 0 fully saturated rings. The zero-order chi connectivity index (χ0) is 16.5. The smallest absolute Gasteiger partial charge is 0.165 e. The van der Waals surface area contributed by atoms with Crippen molar-refractivity contribution in [2.24, 2.45) is 0 Å². The highest BCUT2D eigenvalue weighted by atomic mass is 19.1. The van der Waals surface area contributed by atoms with Gasteiger partial charge >= 0.3 is 0 Å². The predicted molar refractivity (Wildman–Crippen MR) is 87.9 cm³/mol. The summed E-state index contributed by atoms with van der Waals surface area (Å²) in [6, 6.07) is 13.9. The average molecular weight is 319 g/mol. The van der Waals surface area contributed by atoms with Gasteiger partial charge in [0.1, 0.15) is 24.7 Å². The molecule has 2 aromatic rings. The third-order valence-corrected chi connectivity index (χ3v) is 3.37. The lowest BCUT2D eigenvalue weighted by Gasteiger charge is -2.17. The Kier molecular flexibility index (Phi) is 6.69. The zero-order valence-electron chi connectivity index (χ0n) is 13.5. The van der Waals surface area contributed by atoms with E-state index in [4.69, 9.17) is 14.2 Å². The van der Waals surface area contributed by atoms with E-state index in [-0.39, 0.29) is 11.6 Å². The summed E-state index contributed by atoms with van der Waals surface area (Å²) in [6.07, 6.45) is 0. The summed E-state index contributed by atoms with van der Waals surface area (Å²) in [7, 11) is 3.61. The fourth-order valence-electron chi connectivity index (χ4n) is 1.98. The number of hydrogen-bond donors (Lipinski definition) is 0. The molecule has 0 aromatic heterocycles. The first-order valence-corrected chi connectivity index (χ1v) is 7.52. The molecule has 2 aromatic carbocycles. The van der Waals surface area contributed by atoms with Gasteiger partial charge in [0.2, 0.25) is 0 Å². The molecule has 4 nitrogen and oxygen atoms in total. The van der Waals surface area contributed by atoms with Crippen LogP contribution < -0.4 is 14.2 Å². The second-order valence-corrected chi connectivity index (χ2v) is 5.11. The SMILES string of the molecule is COc1ccc(OCCN(C)CCOc2ccccc2F)cc1. The van der Waals surface area contributed by atoms with Crippen LogP contribution in [0.1, 0.15) is 0 Å². The minimum atomic E-state index is -0.335. The van der Waals surface area contributed by atoms with Gasteiger partial charge in [0.05, 0.1) is 7.11 Å². The second kappa shape index (κ2) is 9.00. The number of benzene rings is 2. The van der Waals surface area contributed by atoms with E-state index in [1.165, 1.54) is 6.07 Å². The van der Waals surface area contributed by atoms with Crippen LogP contribution in [0.2, 0.25) is 0 Å². The van der Waals surface area contributed by atoms with Crippen LogP contribution in [0.3, 0.4) is 0 Å². The first-order chi connectivity index (χ1) is 11.2. The first kappa shape index (κ1) is 17.1. The number of rotatable bonds is 9. The molecule has 0 radical (unpaired) electrons. The van der Waals surface area contributed by atoms with E-state index in [0.29, 0.717) is 19.8 Å². The molecule has 0 bridgehead atoms. The van der Waals surface area contributed by atoms with Gasteiger partial charge in [-0.15, -0.1) is 0 Å². The average Bonchev–Trinajstić information content (AvgIpc) is 2.57. The number of nitrogens with zero attached hydrogens (tertiary/aromatic N) is 1. The maximum Gasteiger partial charge on any atom is 0.165 e. The van der Waals surface area contributed by atoms with Crippen LogP contribution in [0.4, 0.5) is 4.39 Å². The summed E-state index contributed by atoms with van der Waals surface area (Å²) < 4.78 is 29.6. The Morgan fingerprint density at radius 2 is 1.48 bits per heavy atom.